The lowest BCUT2D eigenvalue weighted by Gasteiger charge is -2.19. The summed E-state index contributed by atoms with van der Waals surface area (Å²) in [4.78, 5) is 1.03. The molecule has 3 nitrogen and oxygen atoms in total. The van der Waals surface area contributed by atoms with Crippen molar-refractivity contribution in [3.05, 3.63) is 29.8 Å². The van der Waals surface area contributed by atoms with Crippen LogP contribution >= 0.6 is 11.8 Å². The average molecular weight is 224 g/mol. The molecule has 0 amide bonds. The number of rotatable bonds is 2. The van der Waals surface area contributed by atoms with E-state index < -0.39 is 0 Å². The second kappa shape index (κ2) is 4.57. The van der Waals surface area contributed by atoms with Crippen molar-refractivity contribution in [1.82, 2.24) is 0 Å². The van der Waals surface area contributed by atoms with E-state index in [1.54, 1.807) is 11.8 Å². The molecule has 1 aromatic rings. The molecular formula is C11H16N2OS. The molecule has 1 rings (SSSR count). The first-order chi connectivity index (χ1) is 6.94. The quantitative estimate of drug-likeness (QED) is 0.267. The highest BCUT2D eigenvalue weighted by Crippen LogP contribution is 2.33. The van der Waals surface area contributed by atoms with Crippen LogP contribution in [0.5, 0.6) is 0 Å². The summed E-state index contributed by atoms with van der Waals surface area (Å²) in [6.45, 7) is 6.38. The maximum atomic E-state index is 8.66. The van der Waals surface area contributed by atoms with Crippen molar-refractivity contribution in [3.8, 4) is 0 Å². The van der Waals surface area contributed by atoms with E-state index in [-0.39, 0.29) is 10.6 Å². The zero-order valence-electron chi connectivity index (χ0n) is 9.19. The molecule has 0 aliphatic carbocycles. The largest absolute Gasteiger partial charge is 0.409 e. The van der Waals surface area contributed by atoms with E-state index >= 15 is 0 Å². The van der Waals surface area contributed by atoms with Gasteiger partial charge in [0.25, 0.3) is 0 Å². The van der Waals surface area contributed by atoms with Gasteiger partial charge in [-0.05, 0) is 6.07 Å². The third-order valence-corrected chi connectivity index (χ3v) is 2.88. The van der Waals surface area contributed by atoms with Crippen LogP contribution in [0.1, 0.15) is 26.3 Å². The van der Waals surface area contributed by atoms with Crippen molar-refractivity contribution in [2.75, 3.05) is 0 Å². The van der Waals surface area contributed by atoms with E-state index in [9.17, 15) is 0 Å². The van der Waals surface area contributed by atoms with Crippen LogP contribution in [-0.4, -0.2) is 15.8 Å². The van der Waals surface area contributed by atoms with Crippen molar-refractivity contribution < 1.29 is 5.21 Å². The molecule has 82 valence electrons. The highest BCUT2D eigenvalue weighted by atomic mass is 32.2. The number of nitrogens with zero attached hydrogens (tertiary/aromatic N) is 1. The van der Waals surface area contributed by atoms with Crippen molar-refractivity contribution in [2.24, 2.45) is 10.9 Å². The van der Waals surface area contributed by atoms with Gasteiger partial charge in [-0.3, -0.25) is 0 Å². The lowest BCUT2D eigenvalue weighted by molar-refractivity contribution is 0.318. The van der Waals surface area contributed by atoms with Crippen LogP contribution in [0.25, 0.3) is 0 Å². The Balaban J connectivity index is 3.07. The molecule has 0 spiro atoms. The molecule has 15 heavy (non-hydrogen) atoms. The minimum atomic E-state index is 0.103. The molecule has 0 aliphatic rings. The Morgan fingerprint density at radius 1 is 1.33 bits per heavy atom. The highest BCUT2D eigenvalue weighted by Gasteiger charge is 2.15. The Bertz CT molecular complexity index is 369. The first-order valence-corrected chi connectivity index (χ1v) is 5.51. The zero-order chi connectivity index (χ0) is 11.5. The molecule has 0 unspecified atom stereocenters. The highest BCUT2D eigenvalue weighted by molar-refractivity contribution is 8.00. The SMILES string of the molecule is CC(C)(C)Sc1ccccc1/C(N)=N/O. The molecule has 0 bridgehead atoms. The molecular weight excluding hydrogens is 208 g/mol. The number of amidine groups is 1. The van der Waals surface area contributed by atoms with Crippen LogP contribution in [0.4, 0.5) is 0 Å². The molecule has 1 aromatic carbocycles. The summed E-state index contributed by atoms with van der Waals surface area (Å²) in [6, 6.07) is 7.65. The third-order valence-electron chi connectivity index (χ3n) is 1.69. The van der Waals surface area contributed by atoms with Crippen molar-refractivity contribution >= 4 is 17.6 Å². The van der Waals surface area contributed by atoms with Gasteiger partial charge in [0.05, 0.1) is 0 Å². The molecule has 0 heterocycles. The Morgan fingerprint density at radius 2 is 1.93 bits per heavy atom. The average Bonchev–Trinajstić information content (AvgIpc) is 2.15. The van der Waals surface area contributed by atoms with Crippen LogP contribution in [0, 0.1) is 0 Å². The fourth-order valence-corrected chi connectivity index (χ4v) is 2.24. The summed E-state index contributed by atoms with van der Waals surface area (Å²) >= 11 is 1.70. The maximum Gasteiger partial charge on any atom is 0.171 e. The molecule has 0 atom stereocenters. The van der Waals surface area contributed by atoms with Crippen molar-refractivity contribution in [2.45, 2.75) is 30.4 Å². The molecule has 0 saturated heterocycles. The summed E-state index contributed by atoms with van der Waals surface area (Å²) in [6.07, 6.45) is 0. The normalized spacial score (nSPS) is 12.9. The summed E-state index contributed by atoms with van der Waals surface area (Å²) in [5.74, 6) is 0.155. The lowest BCUT2D eigenvalue weighted by atomic mass is 10.2. The van der Waals surface area contributed by atoms with Crippen LogP contribution in [0.2, 0.25) is 0 Å². The van der Waals surface area contributed by atoms with Crippen LogP contribution < -0.4 is 5.73 Å². The van der Waals surface area contributed by atoms with Crippen LogP contribution in [-0.2, 0) is 0 Å². The standard InChI is InChI=1S/C11H16N2OS/c1-11(2,3)15-9-7-5-4-6-8(9)10(12)13-14/h4-7,14H,1-3H3,(H2,12,13). The fraction of sp³-hybridized carbons (Fsp3) is 0.364. The van der Waals surface area contributed by atoms with Gasteiger partial charge in [0.15, 0.2) is 5.84 Å². The third kappa shape index (κ3) is 3.47. The Kier molecular flexibility index (Phi) is 3.63. The Morgan fingerprint density at radius 3 is 2.47 bits per heavy atom. The van der Waals surface area contributed by atoms with Gasteiger partial charge in [0.1, 0.15) is 0 Å². The minimum Gasteiger partial charge on any atom is -0.409 e. The number of hydrogen-bond acceptors (Lipinski definition) is 3. The van der Waals surface area contributed by atoms with Gasteiger partial charge in [0.2, 0.25) is 0 Å². The number of benzene rings is 1. The van der Waals surface area contributed by atoms with Crippen LogP contribution in [0.3, 0.4) is 0 Å². The summed E-state index contributed by atoms with van der Waals surface area (Å²) in [7, 11) is 0. The van der Waals surface area contributed by atoms with E-state index in [4.69, 9.17) is 10.9 Å². The fourth-order valence-electron chi connectivity index (χ4n) is 1.15. The topological polar surface area (TPSA) is 58.6 Å². The van der Waals surface area contributed by atoms with Gasteiger partial charge in [-0.25, -0.2) is 0 Å². The lowest BCUT2D eigenvalue weighted by Crippen LogP contribution is -2.16. The van der Waals surface area contributed by atoms with E-state index in [2.05, 4.69) is 25.9 Å². The number of oxime groups is 1. The summed E-state index contributed by atoms with van der Waals surface area (Å²) in [5, 5.41) is 11.7. The Hall–Kier alpha value is -1.16. The second-order valence-corrected chi connectivity index (χ2v) is 6.06. The monoisotopic (exact) mass is 224 g/mol. The first kappa shape index (κ1) is 11.9. The van der Waals surface area contributed by atoms with Crippen molar-refractivity contribution in [3.63, 3.8) is 0 Å². The van der Waals surface area contributed by atoms with Gasteiger partial charge >= 0.3 is 0 Å². The molecule has 0 radical (unpaired) electrons. The van der Waals surface area contributed by atoms with Gasteiger partial charge in [0, 0.05) is 15.2 Å². The predicted octanol–water partition coefficient (Wildman–Crippen LogP) is 2.67. The second-order valence-electron chi connectivity index (χ2n) is 4.20. The number of nitrogens with two attached hydrogens (primary N) is 1. The molecule has 4 heteroatoms. The smallest absolute Gasteiger partial charge is 0.171 e. The maximum absolute atomic E-state index is 8.66. The van der Waals surface area contributed by atoms with E-state index in [1.165, 1.54) is 0 Å². The van der Waals surface area contributed by atoms with Crippen molar-refractivity contribution in [1.29, 1.82) is 0 Å². The predicted molar refractivity (Wildman–Crippen MR) is 64.6 cm³/mol. The summed E-state index contributed by atoms with van der Waals surface area (Å²) in [5.41, 5.74) is 6.38. The molecule has 0 aromatic heterocycles. The van der Waals surface area contributed by atoms with Crippen LogP contribution in [0.15, 0.2) is 34.3 Å². The zero-order valence-corrected chi connectivity index (χ0v) is 10.0. The Labute approximate surface area is 94.4 Å². The first-order valence-electron chi connectivity index (χ1n) is 4.70. The molecule has 0 fully saturated rings. The molecule has 3 N–H and O–H groups in total. The van der Waals surface area contributed by atoms with E-state index in [0.29, 0.717) is 0 Å². The summed E-state index contributed by atoms with van der Waals surface area (Å²) < 4.78 is 0.103. The molecule has 0 aliphatic heterocycles. The van der Waals surface area contributed by atoms with Gasteiger partial charge in [-0.15, -0.1) is 11.8 Å². The van der Waals surface area contributed by atoms with Gasteiger partial charge in [-0.1, -0.05) is 44.1 Å². The number of thioether (sulfide) groups is 1. The molecule has 0 saturated carbocycles. The van der Waals surface area contributed by atoms with E-state index in [1.807, 2.05) is 24.3 Å². The number of hydrogen-bond donors (Lipinski definition) is 2. The van der Waals surface area contributed by atoms with E-state index in [0.717, 1.165) is 10.5 Å². The van der Waals surface area contributed by atoms with Gasteiger partial charge < -0.3 is 10.9 Å². The van der Waals surface area contributed by atoms with Gasteiger partial charge in [-0.2, -0.15) is 0 Å². The minimum absolute atomic E-state index is 0.103.